The molecule has 4 rings (SSSR count). The second-order valence-electron chi connectivity index (χ2n) is 8.60. The smallest absolute Gasteiger partial charge is 0.252 e. The van der Waals surface area contributed by atoms with Crippen LogP contribution in [0.2, 0.25) is 0 Å². The standard InChI is InChI=1S/C25H29N3O4S/c1-3-19-6-4-5-13-28(19)33(31,32)20-11-12-23-21(14-20)22(15-24(29)27-23)25(30)26-16-18-9-7-17(2)8-10-18/h7-12,14-15,19H,3-6,13,16H2,1-2H3,(H,26,30)(H,27,29)/t19-/m1/s1. The van der Waals surface area contributed by atoms with Gasteiger partial charge in [-0.3, -0.25) is 9.59 Å². The van der Waals surface area contributed by atoms with E-state index in [0.29, 0.717) is 24.0 Å². The number of piperidine rings is 1. The van der Waals surface area contributed by atoms with Crippen molar-refractivity contribution in [3.8, 4) is 0 Å². The zero-order valence-corrected chi connectivity index (χ0v) is 19.7. The fourth-order valence-electron chi connectivity index (χ4n) is 4.40. The molecule has 0 aliphatic carbocycles. The van der Waals surface area contributed by atoms with Gasteiger partial charge in [-0.2, -0.15) is 4.31 Å². The highest BCUT2D eigenvalue weighted by molar-refractivity contribution is 7.89. The number of H-pyrrole nitrogens is 1. The number of nitrogens with zero attached hydrogens (tertiary/aromatic N) is 1. The van der Waals surface area contributed by atoms with Crippen molar-refractivity contribution in [1.82, 2.24) is 14.6 Å². The normalized spacial score (nSPS) is 17.2. The van der Waals surface area contributed by atoms with Crippen LogP contribution in [0, 0.1) is 6.92 Å². The molecule has 2 aromatic carbocycles. The molecule has 2 N–H and O–H groups in total. The zero-order chi connectivity index (χ0) is 23.6. The number of aromatic nitrogens is 1. The predicted octanol–water partition coefficient (Wildman–Crippen LogP) is 3.72. The Labute approximate surface area is 193 Å². The van der Waals surface area contributed by atoms with Crippen LogP contribution in [-0.2, 0) is 16.6 Å². The Morgan fingerprint density at radius 3 is 2.61 bits per heavy atom. The summed E-state index contributed by atoms with van der Waals surface area (Å²) in [6.45, 7) is 4.79. The molecule has 1 atom stereocenters. The first-order valence-electron chi connectivity index (χ1n) is 11.3. The summed E-state index contributed by atoms with van der Waals surface area (Å²) in [4.78, 5) is 28.0. The lowest BCUT2D eigenvalue weighted by atomic mass is 10.0. The molecule has 0 radical (unpaired) electrons. The average molecular weight is 468 g/mol. The van der Waals surface area contributed by atoms with Crippen molar-refractivity contribution in [2.45, 2.75) is 57.0 Å². The van der Waals surface area contributed by atoms with Gasteiger partial charge in [-0.05, 0) is 49.9 Å². The summed E-state index contributed by atoms with van der Waals surface area (Å²) in [5, 5.41) is 3.25. The third kappa shape index (κ3) is 4.86. The minimum Gasteiger partial charge on any atom is -0.348 e. The molecule has 174 valence electrons. The topological polar surface area (TPSA) is 99.3 Å². The Balaban J connectivity index is 1.69. The second-order valence-corrected chi connectivity index (χ2v) is 10.5. The van der Waals surface area contributed by atoms with E-state index in [0.717, 1.165) is 36.8 Å². The summed E-state index contributed by atoms with van der Waals surface area (Å²) in [5.74, 6) is -0.425. The first-order valence-corrected chi connectivity index (χ1v) is 12.8. The van der Waals surface area contributed by atoms with Crippen LogP contribution in [0.4, 0.5) is 0 Å². The molecule has 1 fully saturated rings. The van der Waals surface area contributed by atoms with Gasteiger partial charge in [0.25, 0.3) is 5.91 Å². The molecule has 0 bridgehead atoms. The molecule has 1 saturated heterocycles. The van der Waals surface area contributed by atoms with E-state index in [1.54, 1.807) is 10.4 Å². The molecule has 1 amide bonds. The van der Waals surface area contributed by atoms with Crippen LogP contribution in [0.1, 0.15) is 54.1 Å². The summed E-state index contributed by atoms with van der Waals surface area (Å²) in [5.41, 5.74) is 2.22. The maximum Gasteiger partial charge on any atom is 0.252 e. The number of pyridine rings is 1. The van der Waals surface area contributed by atoms with Crippen molar-refractivity contribution >= 4 is 26.8 Å². The number of aromatic amines is 1. The number of carbonyl (C=O) groups is 1. The molecular formula is C25H29N3O4S. The van der Waals surface area contributed by atoms with Crippen molar-refractivity contribution < 1.29 is 13.2 Å². The minimum atomic E-state index is -3.72. The molecule has 3 aromatic rings. The van der Waals surface area contributed by atoms with Crippen molar-refractivity contribution in [3.05, 3.63) is 75.6 Å². The van der Waals surface area contributed by atoms with Crippen LogP contribution in [0.3, 0.4) is 0 Å². The Kier molecular flexibility index (Phi) is 6.67. The first-order chi connectivity index (χ1) is 15.8. The van der Waals surface area contributed by atoms with E-state index in [1.807, 2.05) is 38.1 Å². The molecule has 8 heteroatoms. The molecule has 1 aromatic heterocycles. The van der Waals surface area contributed by atoms with E-state index in [-0.39, 0.29) is 16.5 Å². The number of carbonyl (C=O) groups excluding carboxylic acids is 1. The van der Waals surface area contributed by atoms with Crippen LogP contribution in [-0.4, -0.2) is 36.2 Å². The van der Waals surface area contributed by atoms with Crippen LogP contribution in [0.15, 0.2) is 58.2 Å². The number of benzene rings is 2. The van der Waals surface area contributed by atoms with Crippen LogP contribution in [0.5, 0.6) is 0 Å². The van der Waals surface area contributed by atoms with E-state index in [4.69, 9.17) is 0 Å². The average Bonchev–Trinajstić information content (AvgIpc) is 2.82. The Hall–Kier alpha value is -2.97. The Morgan fingerprint density at radius 1 is 1.12 bits per heavy atom. The number of sulfonamides is 1. The summed E-state index contributed by atoms with van der Waals surface area (Å²) in [6, 6.07) is 13.6. The van der Waals surface area contributed by atoms with Gasteiger partial charge < -0.3 is 10.3 Å². The number of fused-ring (bicyclic) bond motifs is 1. The fourth-order valence-corrected chi connectivity index (χ4v) is 6.19. The van der Waals surface area contributed by atoms with Crippen molar-refractivity contribution in [1.29, 1.82) is 0 Å². The van der Waals surface area contributed by atoms with E-state index < -0.39 is 21.5 Å². The highest BCUT2D eigenvalue weighted by atomic mass is 32.2. The van der Waals surface area contributed by atoms with Gasteiger partial charge in [-0.1, -0.05) is 43.2 Å². The highest BCUT2D eigenvalue weighted by Crippen LogP contribution is 2.29. The number of nitrogens with one attached hydrogen (secondary N) is 2. The Morgan fingerprint density at radius 2 is 1.88 bits per heavy atom. The zero-order valence-electron chi connectivity index (χ0n) is 18.9. The van der Waals surface area contributed by atoms with E-state index in [2.05, 4.69) is 10.3 Å². The van der Waals surface area contributed by atoms with Crippen LogP contribution >= 0.6 is 0 Å². The number of aryl methyl sites for hydroxylation is 1. The molecule has 0 unspecified atom stereocenters. The second kappa shape index (κ2) is 9.49. The van der Waals surface area contributed by atoms with Crippen molar-refractivity contribution in [3.63, 3.8) is 0 Å². The molecule has 7 nitrogen and oxygen atoms in total. The molecule has 1 aliphatic rings. The third-order valence-electron chi connectivity index (χ3n) is 6.28. The number of rotatable bonds is 6. The van der Waals surface area contributed by atoms with Gasteiger partial charge in [-0.25, -0.2) is 8.42 Å². The largest absolute Gasteiger partial charge is 0.348 e. The van der Waals surface area contributed by atoms with Gasteiger partial charge in [0.2, 0.25) is 15.6 Å². The maximum atomic E-state index is 13.4. The maximum absolute atomic E-state index is 13.4. The molecule has 0 saturated carbocycles. The molecule has 2 heterocycles. The summed E-state index contributed by atoms with van der Waals surface area (Å²) < 4.78 is 28.5. The lowest BCUT2D eigenvalue weighted by molar-refractivity contribution is 0.0952. The first kappa shape index (κ1) is 23.2. The van der Waals surface area contributed by atoms with Gasteiger partial charge in [0.1, 0.15) is 0 Å². The fraction of sp³-hybridized carbons (Fsp3) is 0.360. The van der Waals surface area contributed by atoms with Crippen molar-refractivity contribution in [2.24, 2.45) is 0 Å². The number of hydrogen-bond acceptors (Lipinski definition) is 4. The lowest BCUT2D eigenvalue weighted by Gasteiger charge is -2.34. The quantitative estimate of drug-likeness (QED) is 0.577. The summed E-state index contributed by atoms with van der Waals surface area (Å²) in [7, 11) is -3.72. The summed E-state index contributed by atoms with van der Waals surface area (Å²) in [6.07, 6.45) is 3.47. The molecule has 0 spiro atoms. The number of hydrogen-bond donors (Lipinski definition) is 2. The highest BCUT2D eigenvalue weighted by Gasteiger charge is 2.32. The van der Waals surface area contributed by atoms with E-state index in [1.165, 1.54) is 18.2 Å². The molecule has 33 heavy (non-hydrogen) atoms. The van der Waals surface area contributed by atoms with E-state index in [9.17, 15) is 18.0 Å². The van der Waals surface area contributed by atoms with Gasteiger partial charge in [-0.15, -0.1) is 0 Å². The van der Waals surface area contributed by atoms with Crippen LogP contribution in [0.25, 0.3) is 10.9 Å². The molecular weight excluding hydrogens is 438 g/mol. The summed E-state index contributed by atoms with van der Waals surface area (Å²) >= 11 is 0. The van der Waals surface area contributed by atoms with Gasteiger partial charge in [0.05, 0.1) is 10.5 Å². The van der Waals surface area contributed by atoms with Crippen LogP contribution < -0.4 is 10.9 Å². The third-order valence-corrected chi connectivity index (χ3v) is 8.23. The SMILES string of the molecule is CC[C@@H]1CCCCN1S(=O)(=O)c1ccc2[nH]c(=O)cc(C(=O)NCc3ccc(C)cc3)c2c1. The minimum absolute atomic E-state index is 0.0210. The Bertz CT molecular complexity index is 1330. The number of amides is 1. The van der Waals surface area contributed by atoms with Crippen molar-refractivity contribution in [2.75, 3.05) is 6.54 Å². The monoisotopic (exact) mass is 467 g/mol. The van der Waals surface area contributed by atoms with Gasteiger partial charge >= 0.3 is 0 Å². The van der Waals surface area contributed by atoms with E-state index >= 15 is 0 Å². The van der Waals surface area contributed by atoms with Gasteiger partial charge in [0.15, 0.2) is 0 Å². The molecule has 1 aliphatic heterocycles. The predicted molar refractivity (Wildman–Crippen MR) is 129 cm³/mol. The van der Waals surface area contributed by atoms with Gasteiger partial charge in [0, 0.05) is 36.1 Å². The lowest BCUT2D eigenvalue weighted by Crippen LogP contribution is -2.43.